The van der Waals surface area contributed by atoms with Crippen LogP contribution in [0.15, 0.2) is 30.3 Å². The number of rotatable bonds is 2. The van der Waals surface area contributed by atoms with Crippen LogP contribution in [0.4, 0.5) is 5.82 Å². The number of carbonyl (C=O) groups is 2. The lowest BCUT2D eigenvalue weighted by atomic mass is 10.0. The third kappa shape index (κ3) is 2.47. The Hall–Kier alpha value is -2.83. The average molecular weight is 339 g/mol. The van der Waals surface area contributed by atoms with Gasteiger partial charge in [-0.2, -0.15) is 5.10 Å². The van der Waals surface area contributed by atoms with Gasteiger partial charge in [-0.05, 0) is 25.3 Å². The molecular weight excluding hydrogens is 318 g/mol. The highest BCUT2D eigenvalue weighted by atomic mass is 16.2. The molecule has 130 valence electrons. The van der Waals surface area contributed by atoms with Gasteiger partial charge < -0.3 is 15.5 Å². The topological polar surface area (TPSA) is 95.3 Å². The molecule has 7 heteroatoms. The maximum Gasteiger partial charge on any atom is 0.273 e. The van der Waals surface area contributed by atoms with Gasteiger partial charge in [0.05, 0.1) is 5.56 Å². The first-order valence-electron chi connectivity index (χ1n) is 8.58. The lowest BCUT2D eigenvalue weighted by molar-refractivity contribution is -0.141. The van der Waals surface area contributed by atoms with Crippen LogP contribution in [-0.4, -0.2) is 57.0 Å². The van der Waals surface area contributed by atoms with E-state index < -0.39 is 6.04 Å². The van der Waals surface area contributed by atoms with E-state index >= 15 is 0 Å². The average Bonchev–Trinajstić information content (AvgIpc) is 3.25. The normalized spacial score (nSPS) is 23.0. The SMILES string of the molecule is C[C@@H]1C(=O)N2CCC[C@H]2CN1C(=O)c1[nH]nc(N)c1-c1ccccc1. The van der Waals surface area contributed by atoms with Gasteiger partial charge in [-0.1, -0.05) is 30.3 Å². The maximum absolute atomic E-state index is 13.2. The van der Waals surface area contributed by atoms with Gasteiger partial charge in [0.15, 0.2) is 5.82 Å². The van der Waals surface area contributed by atoms with Gasteiger partial charge in [-0.25, -0.2) is 0 Å². The van der Waals surface area contributed by atoms with Gasteiger partial charge in [0.25, 0.3) is 5.91 Å². The largest absolute Gasteiger partial charge is 0.382 e. The van der Waals surface area contributed by atoms with Crippen molar-refractivity contribution >= 4 is 17.6 Å². The summed E-state index contributed by atoms with van der Waals surface area (Å²) in [6, 6.07) is 9.10. The molecule has 2 fully saturated rings. The molecule has 4 rings (SSSR count). The number of hydrogen-bond acceptors (Lipinski definition) is 4. The van der Waals surface area contributed by atoms with Gasteiger partial charge in [0.1, 0.15) is 11.7 Å². The second kappa shape index (κ2) is 5.91. The summed E-state index contributed by atoms with van der Waals surface area (Å²) in [5.41, 5.74) is 7.77. The lowest BCUT2D eigenvalue weighted by Gasteiger charge is -2.41. The van der Waals surface area contributed by atoms with Crippen LogP contribution in [-0.2, 0) is 4.79 Å². The molecule has 3 N–H and O–H groups in total. The fourth-order valence-electron chi connectivity index (χ4n) is 3.88. The van der Waals surface area contributed by atoms with E-state index in [4.69, 9.17) is 5.73 Å². The van der Waals surface area contributed by atoms with E-state index in [1.165, 1.54) is 0 Å². The fourth-order valence-corrected chi connectivity index (χ4v) is 3.88. The minimum atomic E-state index is -0.477. The number of anilines is 1. The molecule has 0 saturated carbocycles. The zero-order valence-corrected chi connectivity index (χ0v) is 14.1. The molecule has 2 aliphatic heterocycles. The number of amides is 2. The number of fused-ring (bicyclic) bond motifs is 1. The molecule has 2 aliphatic rings. The van der Waals surface area contributed by atoms with Crippen LogP contribution in [0.1, 0.15) is 30.3 Å². The van der Waals surface area contributed by atoms with E-state index in [0.717, 1.165) is 24.9 Å². The van der Waals surface area contributed by atoms with Crippen molar-refractivity contribution in [1.29, 1.82) is 0 Å². The summed E-state index contributed by atoms with van der Waals surface area (Å²) >= 11 is 0. The Labute approximate surface area is 145 Å². The van der Waals surface area contributed by atoms with Crippen LogP contribution >= 0.6 is 0 Å². The number of hydrogen-bond donors (Lipinski definition) is 2. The van der Waals surface area contributed by atoms with E-state index in [2.05, 4.69) is 10.2 Å². The molecule has 2 atom stereocenters. The van der Waals surface area contributed by atoms with E-state index in [1.807, 2.05) is 35.2 Å². The summed E-state index contributed by atoms with van der Waals surface area (Å²) in [6.07, 6.45) is 1.94. The van der Waals surface area contributed by atoms with Crippen molar-refractivity contribution in [2.75, 3.05) is 18.8 Å². The number of aromatic amines is 1. The quantitative estimate of drug-likeness (QED) is 0.866. The molecule has 0 unspecified atom stereocenters. The minimum absolute atomic E-state index is 0.0239. The van der Waals surface area contributed by atoms with E-state index in [0.29, 0.717) is 17.8 Å². The molecule has 3 heterocycles. The van der Waals surface area contributed by atoms with Crippen LogP contribution in [0, 0.1) is 0 Å². The summed E-state index contributed by atoms with van der Waals surface area (Å²) in [5.74, 6) is 0.0827. The third-order valence-electron chi connectivity index (χ3n) is 5.22. The Kier molecular flexibility index (Phi) is 3.71. The van der Waals surface area contributed by atoms with Crippen LogP contribution in [0.5, 0.6) is 0 Å². The summed E-state index contributed by atoms with van der Waals surface area (Å²) < 4.78 is 0. The number of carbonyl (C=O) groups excluding carboxylic acids is 2. The van der Waals surface area contributed by atoms with Crippen LogP contribution < -0.4 is 5.73 Å². The predicted octanol–water partition coefficient (Wildman–Crippen LogP) is 1.49. The van der Waals surface area contributed by atoms with E-state index in [9.17, 15) is 9.59 Å². The van der Waals surface area contributed by atoms with Crippen molar-refractivity contribution < 1.29 is 9.59 Å². The van der Waals surface area contributed by atoms with E-state index in [1.54, 1.807) is 11.8 Å². The van der Waals surface area contributed by atoms with E-state index in [-0.39, 0.29) is 23.7 Å². The standard InChI is InChI=1S/C18H21N5O2/c1-11-17(24)22-9-5-8-13(22)10-23(11)18(25)15-14(16(19)21-20-15)12-6-3-2-4-7-12/h2-4,6-7,11,13H,5,8-10H2,1H3,(H3,19,20,21)/t11-,13+/m1/s1. The van der Waals surface area contributed by atoms with Crippen molar-refractivity contribution in [2.45, 2.75) is 31.8 Å². The Morgan fingerprint density at radius 2 is 2.08 bits per heavy atom. The number of nitrogens with zero attached hydrogens (tertiary/aromatic N) is 3. The van der Waals surface area contributed by atoms with Crippen molar-refractivity contribution in [2.24, 2.45) is 0 Å². The summed E-state index contributed by atoms with van der Waals surface area (Å²) in [5, 5.41) is 6.80. The summed E-state index contributed by atoms with van der Waals surface area (Å²) in [6.45, 7) is 3.14. The molecule has 25 heavy (non-hydrogen) atoms. The molecule has 0 bridgehead atoms. The summed E-state index contributed by atoms with van der Waals surface area (Å²) in [7, 11) is 0. The highest BCUT2D eigenvalue weighted by Gasteiger charge is 2.43. The molecule has 1 aromatic heterocycles. The van der Waals surface area contributed by atoms with Crippen LogP contribution in [0.2, 0.25) is 0 Å². The Bertz CT molecular complexity index is 816. The summed E-state index contributed by atoms with van der Waals surface area (Å²) in [4.78, 5) is 29.3. The number of piperazine rings is 1. The first kappa shape index (κ1) is 15.7. The van der Waals surface area contributed by atoms with Crippen LogP contribution in [0.3, 0.4) is 0 Å². The zero-order valence-electron chi connectivity index (χ0n) is 14.1. The monoisotopic (exact) mass is 339 g/mol. The lowest BCUT2D eigenvalue weighted by Crippen LogP contribution is -2.60. The smallest absolute Gasteiger partial charge is 0.273 e. The van der Waals surface area contributed by atoms with Crippen molar-refractivity contribution in [3.8, 4) is 11.1 Å². The number of nitrogens with two attached hydrogens (primary N) is 1. The van der Waals surface area contributed by atoms with Gasteiger partial charge in [0, 0.05) is 19.1 Å². The molecule has 2 amide bonds. The van der Waals surface area contributed by atoms with Crippen molar-refractivity contribution in [1.82, 2.24) is 20.0 Å². The number of H-pyrrole nitrogens is 1. The first-order valence-corrected chi connectivity index (χ1v) is 8.58. The Morgan fingerprint density at radius 1 is 1.32 bits per heavy atom. The molecule has 7 nitrogen and oxygen atoms in total. The number of aromatic nitrogens is 2. The number of nitrogens with one attached hydrogen (secondary N) is 1. The Balaban J connectivity index is 1.69. The van der Waals surface area contributed by atoms with Gasteiger partial charge in [-0.15, -0.1) is 0 Å². The first-order chi connectivity index (χ1) is 12.1. The number of benzene rings is 1. The molecular formula is C18H21N5O2. The Morgan fingerprint density at radius 3 is 2.84 bits per heavy atom. The molecule has 0 spiro atoms. The molecule has 0 radical (unpaired) electrons. The van der Waals surface area contributed by atoms with Gasteiger partial charge in [-0.3, -0.25) is 14.7 Å². The van der Waals surface area contributed by atoms with Gasteiger partial charge >= 0.3 is 0 Å². The maximum atomic E-state index is 13.2. The predicted molar refractivity (Wildman–Crippen MR) is 93.7 cm³/mol. The highest BCUT2D eigenvalue weighted by Crippen LogP contribution is 2.31. The number of nitrogen functional groups attached to an aromatic ring is 1. The minimum Gasteiger partial charge on any atom is -0.382 e. The molecule has 1 aromatic carbocycles. The van der Waals surface area contributed by atoms with Gasteiger partial charge in [0.2, 0.25) is 5.91 Å². The molecule has 2 saturated heterocycles. The zero-order chi connectivity index (χ0) is 17.6. The van der Waals surface area contributed by atoms with Crippen LogP contribution in [0.25, 0.3) is 11.1 Å². The molecule has 0 aliphatic carbocycles. The second-order valence-corrected chi connectivity index (χ2v) is 6.69. The van der Waals surface area contributed by atoms with Crippen molar-refractivity contribution in [3.05, 3.63) is 36.0 Å². The second-order valence-electron chi connectivity index (χ2n) is 6.69. The fraction of sp³-hybridized carbons (Fsp3) is 0.389. The third-order valence-corrected chi connectivity index (χ3v) is 5.22. The molecule has 2 aromatic rings. The van der Waals surface area contributed by atoms with Crippen molar-refractivity contribution in [3.63, 3.8) is 0 Å². The highest BCUT2D eigenvalue weighted by molar-refractivity contribution is 6.03.